The fourth-order valence-electron chi connectivity index (χ4n) is 2.23. The van der Waals surface area contributed by atoms with E-state index >= 15 is 0 Å². The third kappa shape index (κ3) is 5.25. The van der Waals surface area contributed by atoms with Gasteiger partial charge in [-0.25, -0.2) is 4.39 Å². The van der Waals surface area contributed by atoms with Crippen molar-refractivity contribution in [1.29, 1.82) is 0 Å². The van der Waals surface area contributed by atoms with Gasteiger partial charge in [0, 0.05) is 30.3 Å². The summed E-state index contributed by atoms with van der Waals surface area (Å²) in [7, 11) is 3.04. The Kier molecular flexibility index (Phi) is 6.08. The zero-order valence-electron chi connectivity index (χ0n) is 13.6. The van der Waals surface area contributed by atoms with Crippen LogP contribution >= 0.6 is 0 Å². The van der Waals surface area contributed by atoms with Gasteiger partial charge in [0.15, 0.2) is 11.6 Å². The highest BCUT2D eigenvalue weighted by Gasteiger charge is 2.32. The van der Waals surface area contributed by atoms with Crippen molar-refractivity contribution in [2.45, 2.75) is 19.5 Å². The van der Waals surface area contributed by atoms with E-state index in [1.165, 1.54) is 26.4 Å². The zero-order valence-corrected chi connectivity index (χ0v) is 13.6. The maximum Gasteiger partial charge on any atom is 0.573 e. The summed E-state index contributed by atoms with van der Waals surface area (Å²) < 4.78 is 64.8. The number of benzene rings is 2. The average molecular weight is 359 g/mol. The molecule has 0 spiro atoms. The van der Waals surface area contributed by atoms with Gasteiger partial charge in [-0.05, 0) is 12.1 Å². The fraction of sp³-hybridized carbons (Fsp3) is 0.294. The zero-order chi connectivity index (χ0) is 18.4. The molecule has 0 aliphatic rings. The molecule has 0 aliphatic carbocycles. The molecule has 0 saturated heterocycles. The molecule has 0 unspecified atom stereocenters. The molecule has 25 heavy (non-hydrogen) atoms. The van der Waals surface area contributed by atoms with Crippen LogP contribution in [0.5, 0.6) is 17.2 Å². The summed E-state index contributed by atoms with van der Waals surface area (Å²) in [5, 5.41) is 2.96. The van der Waals surface area contributed by atoms with Crippen molar-refractivity contribution in [1.82, 2.24) is 5.32 Å². The van der Waals surface area contributed by atoms with Gasteiger partial charge in [0.25, 0.3) is 0 Å². The van der Waals surface area contributed by atoms with E-state index in [1.54, 1.807) is 18.2 Å². The molecule has 0 bridgehead atoms. The van der Waals surface area contributed by atoms with Gasteiger partial charge in [-0.15, -0.1) is 13.2 Å². The minimum absolute atomic E-state index is 0.0239. The molecule has 2 rings (SSSR count). The Hall–Kier alpha value is -2.48. The Morgan fingerprint density at radius 2 is 1.64 bits per heavy atom. The highest BCUT2D eigenvalue weighted by molar-refractivity contribution is 5.40. The van der Waals surface area contributed by atoms with Crippen LogP contribution in [0.2, 0.25) is 0 Å². The molecular formula is C17H17F4NO3. The lowest BCUT2D eigenvalue weighted by Crippen LogP contribution is -2.19. The van der Waals surface area contributed by atoms with Crippen LogP contribution < -0.4 is 19.5 Å². The van der Waals surface area contributed by atoms with E-state index in [9.17, 15) is 17.6 Å². The van der Waals surface area contributed by atoms with Gasteiger partial charge >= 0.3 is 6.36 Å². The molecule has 0 heterocycles. The van der Waals surface area contributed by atoms with Gasteiger partial charge in [-0.1, -0.05) is 18.2 Å². The minimum atomic E-state index is -4.94. The van der Waals surface area contributed by atoms with Crippen LogP contribution in [0.25, 0.3) is 0 Å². The molecule has 2 aromatic carbocycles. The summed E-state index contributed by atoms with van der Waals surface area (Å²) in [4.78, 5) is 0. The SMILES string of the molecule is COc1ccc(CNCc2cccc(OC(F)(F)F)c2F)c(OC)c1. The van der Waals surface area contributed by atoms with E-state index < -0.39 is 17.9 Å². The smallest absolute Gasteiger partial charge is 0.497 e. The number of halogens is 4. The maximum atomic E-state index is 14.1. The normalized spacial score (nSPS) is 11.3. The summed E-state index contributed by atoms with van der Waals surface area (Å²) in [6, 6.07) is 8.85. The molecule has 0 aromatic heterocycles. The first-order chi connectivity index (χ1) is 11.8. The highest BCUT2D eigenvalue weighted by atomic mass is 19.4. The van der Waals surface area contributed by atoms with Crippen molar-refractivity contribution < 1.29 is 31.8 Å². The number of nitrogens with one attached hydrogen (secondary N) is 1. The molecule has 4 nitrogen and oxygen atoms in total. The molecule has 2 aromatic rings. The van der Waals surface area contributed by atoms with Crippen molar-refractivity contribution in [3.63, 3.8) is 0 Å². The number of ether oxygens (including phenoxy) is 3. The van der Waals surface area contributed by atoms with Crippen LogP contribution in [0, 0.1) is 5.82 Å². The quantitative estimate of drug-likeness (QED) is 0.758. The van der Waals surface area contributed by atoms with Crippen LogP contribution in [0.1, 0.15) is 11.1 Å². The summed E-state index contributed by atoms with van der Waals surface area (Å²) in [6.45, 7) is 0.354. The Bertz CT molecular complexity index is 720. The van der Waals surface area contributed by atoms with Crippen molar-refractivity contribution in [2.24, 2.45) is 0 Å². The second-order valence-corrected chi connectivity index (χ2v) is 5.06. The van der Waals surface area contributed by atoms with Crippen molar-refractivity contribution in [2.75, 3.05) is 14.2 Å². The number of hydrogen-bond donors (Lipinski definition) is 1. The maximum absolute atomic E-state index is 14.1. The van der Waals surface area contributed by atoms with E-state index in [1.807, 2.05) is 0 Å². The van der Waals surface area contributed by atoms with E-state index in [-0.39, 0.29) is 12.1 Å². The second-order valence-electron chi connectivity index (χ2n) is 5.06. The van der Waals surface area contributed by atoms with Gasteiger partial charge in [0.1, 0.15) is 11.5 Å². The Labute approximate surface area is 142 Å². The monoisotopic (exact) mass is 359 g/mol. The Morgan fingerprint density at radius 1 is 0.920 bits per heavy atom. The lowest BCUT2D eigenvalue weighted by molar-refractivity contribution is -0.275. The third-order valence-electron chi connectivity index (χ3n) is 3.39. The largest absolute Gasteiger partial charge is 0.573 e. The Balaban J connectivity index is 2.04. The van der Waals surface area contributed by atoms with E-state index in [0.717, 1.165) is 11.6 Å². The topological polar surface area (TPSA) is 39.7 Å². The number of rotatable bonds is 7. The van der Waals surface area contributed by atoms with Crippen molar-refractivity contribution in [3.8, 4) is 17.2 Å². The lowest BCUT2D eigenvalue weighted by atomic mass is 10.1. The predicted molar refractivity (Wildman–Crippen MR) is 83.2 cm³/mol. The molecule has 0 atom stereocenters. The lowest BCUT2D eigenvalue weighted by Gasteiger charge is -2.13. The fourth-order valence-corrected chi connectivity index (χ4v) is 2.23. The number of alkyl halides is 3. The standard InChI is InChI=1S/C17H17F4NO3/c1-23-13-7-6-11(15(8-13)24-2)9-22-10-12-4-3-5-14(16(12)18)25-17(19,20)21/h3-8,22H,9-10H2,1-2H3. The molecule has 0 saturated carbocycles. The van der Waals surface area contributed by atoms with Gasteiger partial charge < -0.3 is 19.5 Å². The molecular weight excluding hydrogens is 342 g/mol. The molecule has 0 aliphatic heterocycles. The van der Waals surface area contributed by atoms with Gasteiger partial charge in [0.2, 0.25) is 0 Å². The molecule has 136 valence electrons. The molecule has 0 amide bonds. The van der Waals surface area contributed by atoms with Crippen molar-refractivity contribution >= 4 is 0 Å². The van der Waals surface area contributed by atoms with Crippen LogP contribution in [0.3, 0.4) is 0 Å². The van der Waals surface area contributed by atoms with Gasteiger partial charge in [-0.2, -0.15) is 0 Å². The summed E-state index contributed by atoms with van der Waals surface area (Å²) in [5.74, 6) is -0.687. The predicted octanol–water partition coefficient (Wildman–Crippen LogP) is 4.03. The Morgan fingerprint density at radius 3 is 2.28 bits per heavy atom. The molecule has 0 radical (unpaired) electrons. The molecule has 1 N–H and O–H groups in total. The highest BCUT2D eigenvalue weighted by Crippen LogP contribution is 2.28. The number of hydrogen-bond acceptors (Lipinski definition) is 4. The first-order valence-corrected chi connectivity index (χ1v) is 7.29. The molecule has 0 fully saturated rings. The first kappa shape index (κ1) is 18.9. The number of methoxy groups -OCH3 is 2. The summed E-state index contributed by atoms with van der Waals surface area (Å²) >= 11 is 0. The summed E-state index contributed by atoms with van der Waals surface area (Å²) in [5.41, 5.74) is 0.862. The third-order valence-corrected chi connectivity index (χ3v) is 3.39. The van der Waals surface area contributed by atoms with Crippen LogP contribution in [-0.2, 0) is 13.1 Å². The molecule has 8 heteroatoms. The van der Waals surface area contributed by atoms with Gasteiger partial charge in [0.05, 0.1) is 14.2 Å². The van der Waals surface area contributed by atoms with E-state index in [0.29, 0.717) is 18.0 Å². The van der Waals surface area contributed by atoms with Crippen LogP contribution in [-0.4, -0.2) is 20.6 Å². The van der Waals surface area contributed by atoms with Gasteiger partial charge in [-0.3, -0.25) is 0 Å². The van der Waals surface area contributed by atoms with Crippen LogP contribution in [0.4, 0.5) is 17.6 Å². The average Bonchev–Trinajstić information content (AvgIpc) is 2.57. The van der Waals surface area contributed by atoms with Crippen molar-refractivity contribution in [3.05, 3.63) is 53.3 Å². The first-order valence-electron chi connectivity index (χ1n) is 7.29. The summed E-state index contributed by atoms with van der Waals surface area (Å²) in [6.07, 6.45) is -4.94. The second kappa shape index (κ2) is 8.06. The van der Waals surface area contributed by atoms with E-state index in [2.05, 4.69) is 10.1 Å². The van der Waals surface area contributed by atoms with E-state index in [4.69, 9.17) is 9.47 Å². The van der Waals surface area contributed by atoms with Crippen LogP contribution in [0.15, 0.2) is 36.4 Å². The minimum Gasteiger partial charge on any atom is -0.497 e.